The molecule has 0 spiro atoms. The average molecular weight is 547 g/mol. The van der Waals surface area contributed by atoms with Gasteiger partial charge < -0.3 is 0 Å². The van der Waals surface area contributed by atoms with Crippen LogP contribution in [0.4, 0.5) is 0 Å². The Morgan fingerprint density at radius 1 is 0.450 bits per heavy atom. The van der Waals surface area contributed by atoms with Crippen molar-refractivity contribution >= 4 is 52.9 Å². The number of benzene rings is 5. The van der Waals surface area contributed by atoms with E-state index in [1.165, 1.54) is 41.4 Å². The number of rotatable bonds is 4. The second-order valence-corrected chi connectivity index (χ2v) is 12.0. The van der Waals surface area contributed by atoms with Crippen molar-refractivity contribution in [1.29, 1.82) is 0 Å². The zero-order valence-electron chi connectivity index (χ0n) is 21.4. The minimum atomic E-state index is 0.739. The van der Waals surface area contributed by atoms with Crippen LogP contribution in [0.5, 0.6) is 0 Å². The standard InChI is InChI=1S/C36H22N2S2/c1-2-9-23(10-3-1)24-17-19-25(20-18-24)36-37-30(22-31(38-36)34-21-26-11-4-6-15-32(26)39-34)29-14-8-13-28-27-12-5-7-16-33(27)40-35(28)29/h1-22H. The van der Waals surface area contributed by atoms with Gasteiger partial charge in [0.2, 0.25) is 0 Å². The Bertz CT molecular complexity index is 2120. The molecule has 0 saturated heterocycles. The Morgan fingerprint density at radius 3 is 1.98 bits per heavy atom. The highest BCUT2D eigenvalue weighted by Crippen LogP contribution is 2.41. The molecule has 0 amide bonds. The van der Waals surface area contributed by atoms with Crippen molar-refractivity contribution < 1.29 is 0 Å². The van der Waals surface area contributed by atoms with Crippen molar-refractivity contribution in [3.63, 3.8) is 0 Å². The van der Waals surface area contributed by atoms with Crippen molar-refractivity contribution in [2.45, 2.75) is 0 Å². The lowest BCUT2D eigenvalue weighted by Gasteiger charge is -2.10. The monoisotopic (exact) mass is 546 g/mol. The summed E-state index contributed by atoms with van der Waals surface area (Å²) in [6.07, 6.45) is 0. The molecule has 3 aromatic heterocycles. The van der Waals surface area contributed by atoms with E-state index in [-0.39, 0.29) is 0 Å². The van der Waals surface area contributed by atoms with E-state index in [4.69, 9.17) is 9.97 Å². The van der Waals surface area contributed by atoms with Crippen LogP contribution in [-0.4, -0.2) is 9.97 Å². The van der Waals surface area contributed by atoms with Gasteiger partial charge in [0.1, 0.15) is 0 Å². The van der Waals surface area contributed by atoms with Gasteiger partial charge in [0, 0.05) is 36.0 Å². The van der Waals surface area contributed by atoms with Gasteiger partial charge in [0.25, 0.3) is 0 Å². The molecule has 5 aromatic carbocycles. The molecular weight excluding hydrogens is 525 g/mol. The number of nitrogens with zero attached hydrogens (tertiary/aromatic N) is 2. The molecule has 0 saturated carbocycles. The van der Waals surface area contributed by atoms with Gasteiger partial charge in [-0.15, -0.1) is 22.7 Å². The van der Waals surface area contributed by atoms with Crippen molar-refractivity contribution in [1.82, 2.24) is 9.97 Å². The van der Waals surface area contributed by atoms with Gasteiger partial charge in [0.15, 0.2) is 5.82 Å². The zero-order valence-corrected chi connectivity index (χ0v) is 23.0. The molecule has 8 rings (SSSR count). The van der Waals surface area contributed by atoms with Crippen molar-refractivity contribution in [3.05, 3.63) is 133 Å². The Labute approximate surface area is 239 Å². The smallest absolute Gasteiger partial charge is 0.160 e. The average Bonchev–Trinajstić information content (AvgIpc) is 3.63. The van der Waals surface area contributed by atoms with E-state index in [2.05, 4.69) is 127 Å². The van der Waals surface area contributed by atoms with E-state index in [9.17, 15) is 0 Å². The molecule has 4 heteroatoms. The molecule has 2 nitrogen and oxygen atoms in total. The van der Waals surface area contributed by atoms with Crippen LogP contribution in [0.3, 0.4) is 0 Å². The first-order valence-corrected chi connectivity index (χ1v) is 14.9. The highest BCUT2D eigenvalue weighted by Gasteiger charge is 2.16. The fraction of sp³-hybridized carbons (Fsp3) is 0. The predicted molar refractivity (Wildman–Crippen MR) is 172 cm³/mol. The highest BCUT2D eigenvalue weighted by molar-refractivity contribution is 7.26. The van der Waals surface area contributed by atoms with Gasteiger partial charge in [-0.2, -0.15) is 0 Å². The molecule has 0 radical (unpaired) electrons. The van der Waals surface area contributed by atoms with Crippen LogP contribution in [0.2, 0.25) is 0 Å². The number of hydrogen-bond donors (Lipinski definition) is 0. The molecular formula is C36H22N2S2. The second kappa shape index (κ2) is 9.53. The van der Waals surface area contributed by atoms with Gasteiger partial charge in [-0.1, -0.05) is 109 Å². The minimum Gasteiger partial charge on any atom is -0.228 e. The van der Waals surface area contributed by atoms with Gasteiger partial charge in [0.05, 0.1) is 16.3 Å². The van der Waals surface area contributed by atoms with Crippen LogP contribution < -0.4 is 0 Å². The summed E-state index contributed by atoms with van der Waals surface area (Å²) in [6, 6.07) is 47.2. The molecule has 0 unspecified atom stereocenters. The molecule has 0 aliphatic rings. The number of hydrogen-bond acceptors (Lipinski definition) is 4. The summed E-state index contributed by atoms with van der Waals surface area (Å²) >= 11 is 3.61. The minimum absolute atomic E-state index is 0.739. The normalized spacial score (nSPS) is 11.5. The maximum absolute atomic E-state index is 5.18. The number of thiophene rings is 2. The first kappa shape index (κ1) is 23.3. The summed E-state index contributed by atoms with van der Waals surface area (Å²) in [7, 11) is 0. The third-order valence-electron chi connectivity index (χ3n) is 7.33. The summed E-state index contributed by atoms with van der Waals surface area (Å²) < 4.78 is 3.81. The van der Waals surface area contributed by atoms with Gasteiger partial charge in [-0.05, 0) is 40.8 Å². The lowest BCUT2D eigenvalue weighted by atomic mass is 10.0. The molecule has 40 heavy (non-hydrogen) atoms. The predicted octanol–water partition coefficient (Wildman–Crippen LogP) is 10.7. The van der Waals surface area contributed by atoms with E-state index in [0.29, 0.717) is 0 Å². The summed E-state index contributed by atoms with van der Waals surface area (Å²) in [4.78, 5) is 11.4. The van der Waals surface area contributed by atoms with E-state index in [0.717, 1.165) is 33.2 Å². The molecule has 8 aromatic rings. The third-order valence-corrected chi connectivity index (χ3v) is 9.69. The number of fused-ring (bicyclic) bond motifs is 4. The molecule has 0 aliphatic heterocycles. The summed E-state index contributed by atoms with van der Waals surface area (Å²) in [5.74, 6) is 0.739. The molecule has 3 heterocycles. The lowest BCUT2D eigenvalue weighted by molar-refractivity contribution is 1.19. The first-order chi connectivity index (χ1) is 19.8. The fourth-order valence-corrected chi connectivity index (χ4v) is 7.59. The van der Waals surface area contributed by atoms with E-state index < -0.39 is 0 Å². The third kappa shape index (κ3) is 4.01. The van der Waals surface area contributed by atoms with Crippen LogP contribution in [0.25, 0.3) is 74.6 Å². The maximum Gasteiger partial charge on any atom is 0.160 e. The Morgan fingerprint density at radius 2 is 1.12 bits per heavy atom. The second-order valence-electron chi connectivity index (χ2n) is 9.83. The van der Waals surface area contributed by atoms with Crippen molar-refractivity contribution in [3.8, 4) is 44.3 Å². The van der Waals surface area contributed by atoms with E-state index in [1.807, 2.05) is 17.4 Å². The van der Waals surface area contributed by atoms with Gasteiger partial charge >= 0.3 is 0 Å². The molecule has 0 aliphatic carbocycles. The molecule has 0 N–H and O–H groups in total. The number of aromatic nitrogens is 2. The van der Waals surface area contributed by atoms with E-state index >= 15 is 0 Å². The summed E-state index contributed by atoms with van der Waals surface area (Å²) in [5.41, 5.74) is 6.43. The Kier molecular flexibility index (Phi) is 5.54. The van der Waals surface area contributed by atoms with Crippen molar-refractivity contribution in [2.75, 3.05) is 0 Å². The molecule has 0 bridgehead atoms. The van der Waals surface area contributed by atoms with Crippen LogP contribution in [0.15, 0.2) is 133 Å². The van der Waals surface area contributed by atoms with Crippen LogP contribution in [0, 0.1) is 0 Å². The van der Waals surface area contributed by atoms with Crippen LogP contribution in [0.1, 0.15) is 0 Å². The van der Waals surface area contributed by atoms with Crippen LogP contribution in [-0.2, 0) is 0 Å². The topological polar surface area (TPSA) is 25.8 Å². The molecule has 188 valence electrons. The quantitative estimate of drug-likeness (QED) is 0.219. The van der Waals surface area contributed by atoms with E-state index in [1.54, 1.807) is 11.3 Å². The maximum atomic E-state index is 5.18. The van der Waals surface area contributed by atoms with Gasteiger partial charge in [-0.25, -0.2) is 9.97 Å². The Balaban J connectivity index is 1.33. The highest BCUT2D eigenvalue weighted by atomic mass is 32.1. The first-order valence-electron chi connectivity index (χ1n) is 13.2. The summed E-state index contributed by atoms with van der Waals surface area (Å²) in [5, 5.41) is 3.80. The largest absolute Gasteiger partial charge is 0.228 e. The molecule has 0 fully saturated rings. The van der Waals surface area contributed by atoms with Crippen molar-refractivity contribution in [2.24, 2.45) is 0 Å². The zero-order chi connectivity index (χ0) is 26.5. The summed E-state index contributed by atoms with van der Waals surface area (Å²) in [6.45, 7) is 0. The SMILES string of the molecule is c1ccc(-c2ccc(-c3nc(-c4cc5ccccc5s4)cc(-c4cccc5c4sc4ccccc45)n3)cc2)cc1. The Hall–Kier alpha value is -4.64. The lowest BCUT2D eigenvalue weighted by Crippen LogP contribution is -1.95. The van der Waals surface area contributed by atoms with Crippen LogP contribution >= 0.6 is 22.7 Å². The van der Waals surface area contributed by atoms with Gasteiger partial charge in [-0.3, -0.25) is 0 Å². The molecule has 0 atom stereocenters. The fourth-order valence-electron chi connectivity index (χ4n) is 5.34.